The van der Waals surface area contributed by atoms with Crippen molar-refractivity contribution < 1.29 is 27.1 Å². The number of anilines is 1. The Morgan fingerprint density at radius 3 is 2.46 bits per heavy atom. The third kappa shape index (κ3) is 2.39. The largest absolute Gasteiger partial charge is 0.496 e. The summed E-state index contributed by atoms with van der Waals surface area (Å²) >= 11 is 5.86. The molecule has 0 saturated carbocycles. The lowest BCUT2D eigenvalue weighted by Crippen LogP contribution is -2.31. The van der Waals surface area contributed by atoms with Gasteiger partial charge in [-0.2, -0.15) is 13.2 Å². The number of halogens is 5. The van der Waals surface area contributed by atoms with Crippen molar-refractivity contribution in [1.82, 2.24) is 0 Å². The molecular formula is C16H10ClF4NO2. The predicted octanol–water partition coefficient (Wildman–Crippen LogP) is 4.53. The summed E-state index contributed by atoms with van der Waals surface area (Å²) in [5, 5.41) is 2.38. The molecule has 1 aliphatic rings. The molecule has 126 valence electrons. The quantitative estimate of drug-likeness (QED) is 0.800. The SMILES string of the molecule is COc1ccc(Cl)cc1C1(F)C(=O)Nc2ccc(C(F)(F)F)cc21. The fraction of sp³-hybridized carbons (Fsp3) is 0.188. The van der Waals surface area contributed by atoms with Crippen LogP contribution in [0.15, 0.2) is 36.4 Å². The lowest BCUT2D eigenvalue weighted by Gasteiger charge is -2.22. The fourth-order valence-corrected chi connectivity index (χ4v) is 2.83. The van der Waals surface area contributed by atoms with Crippen LogP contribution in [0.25, 0.3) is 0 Å². The first-order chi connectivity index (χ1) is 11.2. The van der Waals surface area contributed by atoms with Gasteiger partial charge in [-0.3, -0.25) is 4.79 Å². The van der Waals surface area contributed by atoms with Gasteiger partial charge in [-0.15, -0.1) is 0 Å². The molecule has 8 heteroatoms. The second-order valence-electron chi connectivity index (χ2n) is 5.22. The first kappa shape index (κ1) is 16.6. The molecule has 3 rings (SSSR count). The topological polar surface area (TPSA) is 38.3 Å². The zero-order chi connectivity index (χ0) is 17.7. The number of carbonyl (C=O) groups excluding carboxylic acids is 1. The van der Waals surface area contributed by atoms with Crippen LogP contribution in [0.4, 0.5) is 23.2 Å². The summed E-state index contributed by atoms with van der Waals surface area (Å²) in [6.07, 6.45) is -4.67. The van der Waals surface area contributed by atoms with Gasteiger partial charge >= 0.3 is 6.18 Å². The highest BCUT2D eigenvalue weighted by molar-refractivity contribution is 6.30. The number of hydrogen-bond donors (Lipinski definition) is 1. The summed E-state index contributed by atoms with van der Waals surface area (Å²) in [6, 6.07) is 6.35. The number of methoxy groups -OCH3 is 1. The van der Waals surface area contributed by atoms with Crippen molar-refractivity contribution >= 4 is 23.2 Å². The van der Waals surface area contributed by atoms with Crippen LogP contribution < -0.4 is 10.1 Å². The number of carbonyl (C=O) groups is 1. The van der Waals surface area contributed by atoms with Gasteiger partial charge in [-0.05, 0) is 36.4 Å². The Morgan fingerprint density at radius 2 is 1.83 bits per heavy atom. The van der Waals surface area contributed by atoms with E-state index in [1.54, 1.807) is 0 Å². The second-order valence-corrected chi connectivity index (χ2v) is 5.65. The Morgan fingerprint density at radius 1 is 1.12 bits per heavy atom. The third-order valence-corrected chi connectivity index (χ3v) is 4.05. The summed E-state index contributed by atoms with van der Waals surface area (Å²) in [5.41, 5.74) is -4.61. The molecule has 1 atom stereocenters. The molecule has 2 aromatic carbocycles. The second kappa shape index (κ2) is 5.37. The highest BCUT2D eigenvalue weighted by Gasteiger charge is 2.52. The molecule has 1 aliphatic heterocycles. The lowest BCUT2D eigenvalue weighted by atomic mass is 9.87. The highest BCUT2D eigenvalue weighted by atomic mass is 35.5. The molecule has 0 bridgehead atoms. The molecule has 2 aromatic rings. The standard InChI is InChI=1S/C16H10ClF4NO2/c1-24-13-5-3-9(17)7-11(13)15(18)10-6-8(16(19,20)21)2-4-12(10)22-14(15)23/h2-7H,1H3,(H,22,23). The number of nitrogens with one attached hydrogen (secondary N) is 1. The molecule has 0 spiro atoms. The third-order valence-electron chi connectivity index (χ3n) is 3.81. The van der Waals surface area contributed by atoms with Crippen LogP contribution in [0.5, 0.6) is 5.75 Å². The van der Waals surface area contributed by atoms with E-state index in [1.807, 2.05) is 0 Å². The normalized spacial score (nSPS) is 19.8. The molecular weight excluding hydrogens is 350 g/mol. The lowest BCUT2D eigenvalue weighted by molar-refractivity contribution is -0.137. The van der Waals surface area contributed by atoms with Crippen molar-refractivity contribution in [3.05, 3.63) is 58.1 Å². The van der Waals surface area contributed by atoms with Gasteiger partial charge in [0.2, 0.25) is 5.67 Å². The van der Waals surface area contributed by atoms with Gasteiger partial charge in [0.1, 0.15) is 5.75 Å². The Kier molecular flexibility index (Phi) is 3.71. The minimum absolute atomic E-state index is 0.00214. The number of benzene rings is 2. The minimum Gasteiger partial charge on any atom is -0.496 e. The van der Waals surface area contributed by atoms with Gasteiger partial charge in [-0.25, -0.2) is 4.39 Å². The predicted molar refractivity (Wildman–Crippen MR) is 80.0 cm³/mol. The van der Waals surface area contributed by atoms with Gasteiger partial charge in [-0.1, -0.05) is 11.6 Å². The zero-order valence-electron chi connectivity index (χ0n) is 12.2. The van der Waals surface area contributed by atoms with E-state index in [2.05, 4.69) is 5.32 Å². The molecule has 0 saturated heterocycles. The van der Waals surface area contributed by atoms with E-state index < -0.39 is 28.9 Å². The van der Waals surface area contributed by atoms with Gasteiger partial charge in [0.15, 0.2) is 0 Å². The Hall–Kier alpha value is -2.28. The maximum Gasteiger partial charge on any atom is 0.416 e. The van der Waals surface area contributed by atoms with E-state index in [-0.39, 0.29) is 22.0 Å². The van der Waals surface area contributed by atoms with Crippen molar-refractivity contribution in [1.29, 1.82) is 0 Å². The maximum atomic E-state index is 15.7. The number of fused-ring (bicyclic) bond motifs is 1. The maximum absolute atomic E-state index is 15.7. The van der Waals surface area contributed by atoms with Crippen molar-refractivity contribution in [2.75, 3.05) is 12.4 Å². The number of hydrogen-bond acceptors (Lipinski definition) is 2. The number of amides is 1. The molecule has 1 heterocycles. The average Bonchev–Trinajstić information content (AvgIpc) is 2.78. The van der Waals surface area contributed by atoms with Gasteiger partial charge in [0.05, 0.1) is 12.7 Å². The van der Waals surface area contributed by atoms with E-state index in [0.29, 0.717) is 6.07 Å². The Balaban J connectivity index is 2.27. The number of rotatable bonds is 2. The van der Waals surface area contributed by atoms with Crippen molar-refractivity contribution in [3.63, 3.8) is 0 Å². The van der Waals surface area contributed by atoms with Crippen LogP contribution in [0.1, 0.15) is 16.7 Å². The molecule has 0 radical (unpaired) electrons. The molecule has 1 N–H and O–H groups in total. The summed E-state index contributed by atoms with van der Waals surface area (Å²) in [7, 11) is 1.26. The average molecular weight is 360 g/mol. The van der Waals surface area contributed by atoms with Gasteiger partial charge in [0, 0.05) is 21.8 Å². The molecule has 1 unspecified atom stereocenters. The van der Waals surface area contributed by atoms with Crippen molar-refractivity contribution in [2.45, 2.75) is 11.8 Å². The number of alkyl halides is 4. The molecule has 24 heavy (non-hydrogen) atoms. The molecule has 3 nitrogen and oxygen atoms in total. The number of ether oxygens (including phenoxy) is 1. The fourth-order valence-electron chi connectivity index (χ4n) is 2.66. The van der Waals surface area contributed by atoms with Gasteiger partial charge < -0.3 is 10.1 Å². The molecule has 0 aliphatic carbocycles. The molecule has 1 amide bonds. The smallest absolute Gasteiger partial charge is 0.416 e. The van der Waals surface area contributed by atoms with Gasteiger partial charge in [0.25, 0.3) is 5.91 Å². The van der Waals surface area contributed by atoms with Crippen LogP contribution in [-0.2, 0) is 16.6 Å². The van der Waals surface area contributed by atoms with Crippen LogP contribution in [0.3, 0.4) is 0 Å². The first-order valence-corrected chi connectivity index (χ1v) is 7.12. The van der Waals surface area contributed by atoms with E-state index in [9.17, 15) is 18.0 Å². The monoisotopic (exact) mass is 359 g/mol. The van der Waals surface area contributed by atoms with Crippen LogP contribution in [0.2, 0.25) is 5.02 Å². The van der Waals surface area contributed by atoms with E-state index >= 15 is 4.39 Å². The molecule has 0 aromatic heterocycles. The Labute approximate surface area is 139 Å². The summed E-state index contributed by atoms with van der Waals surface area (Å²) in [5.74, 6) is -1.10. The summed E-state index contributed by atoms with van der Waals surface area (Å²) in [4.78, 5) is 12.2. The van der Waals surface area contributed by atoms with Crippen LogP contribution in [0, 0.1) is 0 Å². The van der Waals surface area contributed by atoms with Crippen LogP contribution in [-0.4, -0.2) is 13.0 Å². The van der Waals surface area contributed by atoms with Crippen LogP contribution >= 0.6 is 11.6 Å². The van der Waals surface area contributed by atoms with Crippen molar-refractivity contribution in [2.24, 2.45) is 0 Å². The first-order valence-electron chi connectivity index (χ1n) is 6.74. The minimum atomic E-state index is -4.67. The van der Waals surface area contributed by atoms with E-state index in [0.717, 1.165) is 18.2 Å². The van der Waals surface area contributed by atoms with E-state index in [4.69, 9.17) is 16.3 Å². The highest BCUT2D eigenvalue weighted by Crippen LogP contribution is 2.49. The van der Waals surface area contributed by atoms with E-state index in [1.165, 1.54) is 19.2 Å². The summed E-state index contributed by atoms with van der Waals surface area (Å²) < 4.78 is 59.6. The zero-order valence-corrected chi connectivity index (χ0v) is 12.9. The molecule has 0 fully saturated rings. The summed E-state index contributed by atoms with van der Waals surface area (Å²) in [6.45, 7) is 0. The van der Waals surface area contributed by atoms with Crippen molar-refractivity contribution in [3.8, 4) is 5.75 Å². The Bertz CT molecular complexity index is 837.